The molecule has 0 aromatic heterocycles. The van der Waals surface area contributed by atoms with Crippen molar-refractivity contribution in [1.29, 1.82) is 0 Å². The van der Waals surface area contributed by atoms with Gasteiger partial charge in [-0.25, -0.2) is 0 Å². The number of aldehydes is 1. The molecule has 0 aliphatic heterocycles. The van der Waals surface area contributed by atoms with Crippen LogP contribution in [0.5, 0.6) is 17.2 Å². The lowest BCUT2D eigenvalue weighted by Crippen LogP contribution is -2.14. The lowest BCUT2D eigenvalue weighted by atomic mass is 9.92. The zero-order chi connectivity index (χ0) is 13.5. The van der Waals surface area contributed by atoms with E-state index in [-0.39, 0.29) is 0 Å². The lowest BCUT2D eigenvalue weighted by Gasteiger charge is -2.17. The molecule has 0 spiro atoms. The molecule has 5 heteroatoms. The summed E-state index contributed by atoms with van der Waals surface area (Å²) < 4.78 is 16.0. The summed E-state index contributed by atoms with van der Waals surface area (Å²) in [5.74, 6) is 1.12. The van der Waals surface area contributed by atoms with Gasteiger partial charge in [0, 0.05) is 0 Å². The predicted octanol–water partition coefficient (Wildman–Crippen LogP) is 1.49. The molecule has 1 aromatic rings. The van der Waals surface area contributed by atoms with E-state index < -0.39 is 0 Å². The van der Waals surface area contributed by atoms with Gasteiger partial charge in [0.1, 0.15) is 7.85 Å². The molecule has 0 bridgehead atoms. The normalized spacial score (nSPS) is 9.94. The molecule has 0 aliphatic carbocycles. The van der Waals surface area contributed by atoms with Crippen molar-refractivity contribution in [3.63, 3.8) is 0 Å². The van der Waals surface area contributed by atoms with Crippen LogP contribution in [0.1, 0.15) is 30.1 Å². The number of hydrogen-bond donors (Lipinski definition) is 0. The molecule has 96 valence electrons. The van der Waals surface area contributed by atoms with Crippen molar-refractivity contribution in [3.8, 4) is 17.2 Å². The number of rotatable bonds is 7. The van der Waals surface area contributed by atoms with Gasteiger partial charge in [-0.15, -0.1) is 0 Å². The van der Waals surface area contributed by atoms with Gasteiger partial charge in [-0.2, -0.15) is 0 Å². The van der Waals surface area contributed by atoms with Gasteiger partial charge in [0.2, 0.25) is 5.75 Å². The highest BCUT2D eigenvalue weighted by atomic mass is 16.5. The molecule has 1 aromatic carbocycles. The van der Waals surface area contributed by atoms with E-state index in [9.17, 15) is 4.79 Å². The Morgan fingerprint density at radius 3 is 2.39 bits per heavy atom. The van der Waals surface area contributed by atoms with Gasteiger partial charge >= 0.3 is 0 Å². The van der Waals surface area contributed by atoms with E-state index in [2.05, 4.69) is 6.92 Å². The zero-order valence-corrected chi connectivity index (χ0v) is 11.0. The van der Waals surface area contributed by atoms with Gasteiger partial charge in [0.15, 0.2) is 17.8 Å². The monoisotopic (exact) mass is 248 g/mol. The maximum absolute atomic E-state index is 10.9. The van der Waals surface area contributed by atoms with E-state index in [1.54, 1.807) is 0 Å². The Kier molecular flexibility index (Phi) is 5.56. The fourth-order valence-corrected chi connectivity index (χ4v) is 1.61. The molecule has 2 radical (unpaired) electrons. The standard InChI is InChI=1S/C13H17BO4/c1-4-5-6-18-12-10(14)7-9(8-15)11(16-2)13(12)17-3/h7-8H,4-6H2,1-3H3. The fraction of sp³-hybridized carbons (Fsp3) is 0.462. The highest BCUT2D eigenvalue weighted by molar-refractivity contribution is 6.35. The lowest BCUT2D eigenvalue weighted by molar-refractivity contribution is 0.112. The van der Waals surface area contributed by atoms with Crippen molar-refractivity contribution >= 4 is 19.6 Å². The fourth-order valence-electron chi connectivity index (χ4n) is 1.61. The van der Waals surface area contributed by atoms with Gasteiger partial charge in [-0.3, -0.25) is 4.79 Å². The van der Waals surface area contributed by atoms with Crippen molar-refractivity contribution in [1.82, 2.24) is 0 Å². The number of carbonyl (C=O) groups is 1. The van der Waals surface area contributed by atoms with Gasteiger partial charge < -0.3 is 14.2 Å². The summed E-state index contributed by atoms with van der Waals surface area (Å²) in [7, 11) is 8.81. The molecule has 0 N–H and O–H groups in total. The van der Waals surface area contributed by atoms with Crippen molar-refractivity contribution in [2.24, 2.45) is 0 Å². The van der Waals surface area contributed by atoms with E-state index in [1.807, 2.05) is 0 Å². The average molecular weight is 248 g/mol. The summed E-state index contributed by atoms with van der Waals surface area (Å²) in [5.41, 5.74) is 0.709. The molecular weight excluding hydrogens is 231 g/mol. The summed E-state index contributed by atoms with van der Waals surface area (Å²) in [6.45, 7) is 2.61. The number of unbranched alkanes of at least 4 members (excludes halogenated alkanes) is 1. The Bertz CT molecular complexity index is 418. The second-order valence-electron chi connectivity index (χ2n) is 3.77. The number of methoxy groups -OCH3 is 2. The van der Waals surface area contributed by atoms with Crippen LogP contribution in [0.25, 0.3) is 0 Å². The summed E-state index contributed by atoms with van der Waals surface area (Å²) in [4.78, 5) is 10.9. The van der Waals surface area contributed by atoms with Gasteiger partial charge in [0.05, 0.1) is 26.4 Å². The Morgan fingerprint density at radius 2 is 1.89 bits per heavy atom. The SMILES string of the molecule is [B]c1cc(C=O)c(OC)c(OC)c1OCCCC. The number of ether oxygens (including phenoxy) is 3. The van der Waals surface area contributed by atoms with Crippen LogP contribution in [0.3, 0.4) is 0 Å². The summed E-state index contributed by atoms with van der Waals surface area (Å²) in [6.07, 6.45) is 2.61. The first kappa shape index (κ1) is 14.4. The predicted molar refractivity (Wildman–Crippen MR) is 70.7 cm³/mol. The maximum atomic E-state index is 10.9. The summed E-state index contributed by atoms with van der Waals surface area (Å²) >= 11 is 0. The topological polar surface area (TPSA) is 44.8 Å². The first-order chi connectivity index (χ1) is 8.69. The molecular formula is C13H17BO4. The third kappa shape index (κ3) is 2.97. The van der Waals surface area contributed by atoms with Gasteiger partial charge in [0.25, 0.3) is 0 Å². The molecule has 4 nitrogen and oxygen atoms in total. The third-order valence-corrected chi connectivity index (χ3v) is 2.53. The molecule has 0 saturated heterocycles. The second-order valence-corrected chi connectivity index (χ2v) is 3.77. The second kappa shape index (κ2) is 6.94. The van der Waals surface area contributed by atoms with E-state index in [4.69, 9.17) is 22.1 Å². The van der Waals surface area contributed by atoms with Crippen LogP contribution in [0.4, 0.5) is 0 Å². The molecule has 0 atom stereocenters. The van der Waals surface area contributed by atoms with E-state index >= 15 is 0 Å². The van der Waals surface area contributed by atoms with Crippen molar-refractivity contribution in [3.05, 3.63) is 11.6 Å². The molecule has 0 fully saturated rings. The van der Waals surface area contributed by atoms with Gasteiger partial charge in [-0.05, 0) is 6.42 Å². The van der Waals surface area contributed by atoms with E-state index in [0.717, 1.165) is 12.8 Å². The number of hydrogen-bond acceptors (Lipinski definition) is 4. The van der Waals surface area contributed by atoms with E-state index in [0.29, 0.717) is 41.2 Å². The van der Waals surface area contributed by atoms with Crippen molar-refractivity contribution in [2.75, 3.05) is 20.8 Å². The average Bonchev–Trinajstić information content (AvgIpc) is 2.39. The molecule has 0 heterocycles. The van der Waals surface area contributed by atoms with Crippen LogP contribution in [0.2, 0.25) is 0 Å². The smallest absolute Gasteiger partial charge is 0.203 e. The van der Waals surface area contributed by atoms with Crippen LogP contribution >= 0.6 is 0 Å². The minimum absolute atomic E-state index is 0.341. The Balaban J connectivity index is 3.18. The highest BCUT2D eigenvalue weighted by Crippen LogP contribution is 2.37. The van der Waals surface area contributed by atoms with Crippen molar-refractivity contribution < 1.29 is 19.0 Å². The Hall–Kier alpha value is -1.65. The first-order valence-electron chi connectivity index (χ1n) is 5.82. The number of benzene rings is 1. The van der Waals surface area contributed by atoms with Crippen LogP contribution in [-0.2, 0) is 0 Å². The zero-order valence-electron chi connectivity index (χ0n) is 11.0. The largest absolute Gasteiger partial charge is 0.492 e. The molecule has 0 aliphatic rings. The minimum Gasteiger partial charge on any atom is -0.492 e. The summed E-state index contributed by atoms with van der Waals surface area (Å²) in [6, 6.07) is 1.52. The molecule has 18 heavy (non-hydrogen) atoms. The van der Waals surface area contributed by atoms with Crippen LogP contribution < -0.4 is 19.7 Å². The molecule has 0 amide bonds. The molecule has 1 rings (SSSR count). The summed E-state index contributed by atoms with van der Waals surface area (Å²) in [5, 5.41) is 0. The third-order valence-electron chi connectivity index (χ3n) is 2.53. The highest BCUT2D eigenvalue weighted by Gasteiger charge is 2.18. The maximum Gasteiger partial charge on any atom is 0.203 e. The van der Waals surface area contributed by atoms with Crippen LogP contribution in [-0.4, -0.2) is 35.0 Å². The Labute approximate surface area is 109 Å². The Morgan fingerprint density at radius 1 is 1.22 bits per heavy atom. The van der Waals surface area contributed by atoms with Crippen LogP contribution in [0, 0.1) is 0 Å². The molecule has 0 saturated carbocycles. The van der Waals surface area contributed by atoms with E-state index in [1.165, 1.54) is 20.3 Å². The van der Waals surface area contributed by atoms with Crippen LogP contribution in [0.15, 0.2) is 6.07 Å². The molecule has 0 unspecified atom stereocenters. The quantitative estimate of drug-likeness (QED) is 0.416. The minimum atomic E-state index is 0.341. The first-order valence-corrected chi connectivity index (χ1v) is 5.82. The van der Waals surface area contributed by atoms with Crippen molar-refractivity contribution in [2.45, 2.75) is 19.8 Å². The number of carbonyl (C=O) groups excluding carboxylic acids is 1. The van der Waals surface area contributed by atoms with Gasteiger partial charge in [-0.1, -0.05) is 24.9 Å².